The molecule has 13 heteroatoms. The largest absolute Gasteiger partial charge is 0.497 e. The van der Waals surface area contributed by atoms with Gasteiger partial charge in [-0.05, 0) is 68.9 Å². The van der Waals surface area contributed by atoms with Crippen molar-refractivity contribution in [1.29, 1.82) is 0 Å². The van der Waals surface area contributed by atoms with Crippen LogP contribution in [0, 0.1) is 5.92 Å². The molecule has 1 fully saturated rings. The van der Waals surface area contributed by atoms with Crippen molar-refractivity contribution in [2.45, 2.75) is 77.9 Å². The highest BCUT2D eigenvalue weighted by molar-refractivity contribution is 7.15. The second kappa shape index (κ2) is 17.6. The Bertz CT molecular complexity index is 1420. The maximum absolute atomic E-state index is 13.8. The highest BCUT2D eigenvalue weighted by atomic mass is 32.1. The second-order valence-corrected chi connectivity index (χ2v) is 13.3. The minimum Gasteiger partial charge on any atom is -0.497 e. The second-order valence-electron chi connectivity index (χ2n) is 12.2. The molecule has 3 atom stereocenters. The normalized spacial score (nSPS) is 21.0. The fourth-order valence-corrected chi connectivity index (χ4v) is 6.09. The third-order valence-electron chi connectivity index (χ3n) is 8.07. The molecule has 0 spiro atoms. The van der Waals surface area contributed by atoms with Gasteiger partial charge in [0.1, 0.15) is 23.9 Å². The molecule has 1 saturated heterocycles. The molecule has 12 nitrogen and oxygen atoms in total. The molecule has 3 N–H and O–H groups in total. The summed E-state index contributed by atoms with van der Waals surface area (Å²) in [6.07, 6.45) is 1.35. The molecule has 3 rings (SSSR count). The van der Waals surface area contributed by atoms with E-state index in [-0.39, 0.29) is 55.4 Å². The standard InChI is InChI=1S/C34H47N5O7S/c1-21(2)19-26-32(43)37-27(20-24-10-12-25(46-6)13-11-24)33(44)38(5)22(3)31(42)35-16-8-18-39(17-7-9-30(41)36-26)34(45)29-15-14-28(47-29)23(4)40/h10-15,21-22,26-27H,7-9,16-20H2,1-6H3,(H,35,42)(H,36,41)(H,37,43)/t22-,26+,27-/m0/s1. The fraction of sp³-hybridized carbons (Fsp3) is 0.529. The smallest absolute Gasteiger partial charge is 0.263 e. The van der Waals surface area contributed by atoms with Crippen LogP contribution in [-0.2, 0) is 25.6 Å². The third-order valence-corrected chi connectivity index (χ3v) is 9.24. The third kappa shape index (κ3) is 10.9. The van der Waals surface area contributed by atoms with Crippen molar-refractivity contribution in [2.24, 2.45) is 5.92 Å². The zero-order chi connectivity index (χ0) is 34.7. The van der Waals surface area contributed by atoms with Gasteiger partial charge in [0.25, 0.3) is 5.91 Å². The number of thiophene rings is 1. The van der Waals surface area contributed by atoms with Gasteiger partial charge in [-0.3, -0.25) is 28.8 Å². The SMILES string of the molecule is COc1ccc(C[C@@H]2NC(=O)[C@@H](CC(C)C)NC(=O)CCCN(C(=O)c3ccc(C(C)=O)s3)CCCNC(=O)[C@H](C)N(C)C2=O)cc1. The lowest BCUT2D eigenvalue weighted by molar-refractivity contribution is -0.141. The van der Waals surface area contributed by atoms with Gasteiger partial charge in [0, 0.05) is 39.5 Å². The monoisotopic (exact) mass is 669 g/mol. The van der Waals surface area contributed by atoms with Crippen molar-refractivity contribution >= 4 is 46.7 Å². The zero-order valence-corrected chi connectivity index (χ0v) is 28.9. The summed E-state index contributed by atoms with van der Waals surface area (Å²) in [4.78, 5) is 82.7. The molecule has 5 amide bonds. The van der Waals surface area contributed by atoms with Gasteiger partial charge in [-0.2, -0.15) is 0 Å². The summed E-state index contributed by atoms with van der Waals surface area (Å²) in [5.74, 6) is -1.34. The number of nitrogens with one attached hydrogen (secondary N) is 3. The number of methoxy groups -OCH3 is 1. The van der Waals surface area contributed by atoms with Gasteiger partial charge in [0.2, 0.25) is 23.6 Å². The van der Waals surface area contributed by atoms with E-state index in [1.54, 1.807) is 43.2 Å². The van der Waals surface area contributed by atoms with E-state index in [4.69, 9.17) is 4.74 Å². The number of ketones is 1. The number of likely N-dealkylation sites (N-methyl/N-ethyl adjacent to an activating group) is 1. The first kappa shape index (κ1) is 37.2. The zero-order valence-electron chi connectivity index (χ0n) is 28.1. The van der Waals surface area contributed by atoms with E-state index in [1.807, 2.05) is 26.0 Å². The number of benzene rings is 1. The first-order valence-corrected chi connectivity index (χ1v) is 16.8. The van der Waals surface area contributed by atoms with Gasteiger partial charge in [-0.1, -0.05) is 26.0 Å². The molecule has 47 heavy (non-hydrogen) atoms. The van der Waals surface area contributed by atoms with Gasteiger partial charge < -0.3 is 30.5 Å². The maximum Gasteiger partial charge on any atom is 0.263 e. The maximum atomic E-state index is 13.8. The van der Waals surface area contributed by atoms with Crippen molar-refractivity contribution in [1.82, 2.24) is 25.8 Å². The Hall–Kier alpha value is -4.26. The topological polar surface area (TPSA) is 154 Å². The average Bonchev–Trinajstić information content (AvgIpc) is 3.54. The number of Topliss-reactive ketones (excluding diaryl/α,β-unsaturated/α-hetero) is 1. The molecular formula is C34H47N5O7S. The number of rotatable bonds is 7. The Kier molecular flexibility index (Phi) is 13.9. The predicted molar refractivity (Wildman–Crippen MR) is 179 cm³/mol. The highest BCUT2D eigenvalue weighted by Crippen LogP contribution is 2.20. The van der Waals surface area contributed by atoms with Gasteiger partial charge in [-0.25, -0.2) is 0 Å². The van der Waals surface area contributed by atoms with Crippen LogP contribution in [0.4, 0.5) is 0 Å². The van der Waals surface area contributed by atoms with E-state index in [9.17, 15) is 28.8 Å². The number of carbonyl (C=O) groups is 6. The molecule has 1 aromatic heterocycles. The van der Waals surface area contributed by atoms with Gasteiger partial charge in [-0.15, -0.1) is 11.3 Å². The Balaban J connectivity index is 1.86. The van der Waals surface area contributed by atoms with Gasteiger partial charge in [0.05, 0.1) is 16.9 Å². The van der Waals surface area contributed by atoms with Crippen molar-refractivity contribution < 1.29 is 33.5 Å². The van der Waals surface area contributed by atoms with E-state index < -0.39 is 29.9 Å². The minimum atomic E-state index is -0.998. The lowest BCUT2D eigenvalue weighted by Gasteiger charge is -2.30. The summed E-state index contributed by atoms with van der Waals surface area (Å²) in [6, 6.07) is 7.65. The molecule has 1 aliphatic rings. The molecule has 2 heterocycles. The number of amides is 5. The van der Waals surface area contributed by atoms with Gasteiger partial charge in [0.15, 0.2) is 5.78 Å². The molecule has 1 aliphatic heterocycles. The Labute approximate surface area is 280 Å². The molecular weight excluding hydrogens is 622 g/mol. The summed E-state index contributed by atoms with van der Waals surface area (Å²) in [6.45, 7) is 7.75. The number of hydrogen-bond donors (Lipinski definition) is 3. The molecule has 0 aliphatic carbocycles. The average molecular weight is 670 g/mol. The lowest BCUT2D eigenvalue weighted by atomic mass is 10.00. The van der Waals surface area contributed by atoms with Crippen molar-refractivity contribution in [2.75, 3.05) is 33.8 Å². The summed E-state index contributed by atoms with van der Waals surface area (Å²) in [5.41, 5.74) is 0.778. The van der Waals surface area contributed by atoms with E-state index in [1.165, 1.54) is 18.9 Å². The quantitative estimate of drug-likeness (QED) is 0.383. The first-order chi connectivity index (χ1) is 22.3. The first-order valence-electron chi connectivity index (χ1n) is 16.0. The van der Waals surface area contributed by atoms with Crippen LogP contribution in [0.15, 0.2) is 36.4 Å². The minimum absolute atomic E-state index is 0.0600. The molecule has 0 radical (unpaired) electrons. The van der Waals surface area contributed by atoms with Crippen LogP contribution in [0.25, 0.3) is 0 Å². The molecule has 2 aromatic rings. The van der Waals surface area contributed by atoms with E-state index in [2.05, 4.69) is 16.0 Å². The lowest BCUT2D eigenvalue weighted by Crippen LogP contribution is -2.57. The molecule has 0 unspecified atom stereocenters. The van der Waals surface area contributed by atoms with Crippen LogP contribution < -0.4 is 20.7 Å². The van der Waals surface area contributed by atoms with Crippen LogP contribution in [0.5, 0.6) is 5.75 Å². The number of carbonyl (C=O) groups excluding carboxylic acids is 6. The van der Waals surface area contributed by atoms with E-state index >= 15 is 0 Å². The van der Waals surface area contributed by atoms with Crippen molar-refractivity contribution in [3.05, 3.63) is 51.7 Å². The summed E-state index contributed by atoms with van der Waals surface area (Å²) >= 11 is 1.12. The van der Waals surface area contributed by atoms with Crippen LogP contribution in [0.3, 0.4) is 0 Å². The Morgan fingerprint density at radius 1 is 0.936 bits per heavy atom. The molecule has 0 bridgehead atoms. The highest BCUT2D eigenvalue weighted by Gasteiger charge is 2.32. The molecule has 256 valence electrons. The van der Waals surface area contributed by atoms with Crippen LogP contribution in [0.2, 0.25) is 0 Å². The summed E-state index contributed by atoms with van der Waals surface area (Å²) in [7, 11) is 3.07. The van der Waals surface area contributed by atoms with Gasteiger partial charge >= 0.3 is 0 Å². The Morgan fingerprint density at radius 2 is 1.60 bits per heavy atom. The van der Waals surface area contributed by atoms with Crippen LogP contribution in [-0.4, -0.2) is 97.0 Å². The number of ether oxygens (including phenoxy) is 1. The summed E-state index contributed by atoms with van der Waals surface area (Å²) in [5, 5.41) is 8.55. The molecule has 1 aromatic carbocycles. The Morgan fingerprint density at radius 3 is 2.21 bits per heavy atom. The molecule has 0 saturated carbocycles. The summed E-state index contributed by atoms with van der Waals surface area (Å²) < 4.78 is 5.24. The predicted octanol–water partition coefficient (Wildman–Crippen LogP) is 2.81. The number of nitrogens with zero attached hydrogens (tertiary/aromatic N) is 2. The van der Waals surface area contributed by atoms with Crippen LogP contribution >= 0.6 is 11.3 Å². The number of hydrogen-bond acceptors (Lipinski definition) is 8. The van der Waals surface area contributed by atoms with Crippen molar-refractivity contribution in [3.8, 4) is 5.75 Å². The van der Waals surface area contributed by atoms with E-state index in [0.29, 0.717) is 41.3 Å². The van der Waals surface area contributed by atoms with E-state index in [0.717, 1.165) is 16.9 Å². The van der Waals surface area contributed by atoms with Crippen LogP contribution in [0.1, 0.15) is 78.3 Å². The fourth-order valence-electron chi connectivity index (χ4n) is 5.22. The van der Waals surface area contributed by atoms with Crippen molar-refractivity contribution in [3.63, 3.8) is 0 Å².